The largest absolute Gasteiger partial charge is 0.443 e. The fourth-order valence-electron chi connectivity index (χ4n) is 1.30. The third-order valence-electron chi connectivity index (χ3n) is 2.03. The zero-order chi connectivity index (χ0) is 11.1. The van der Waals surface area contributed by atoms with Crippen LogP contribution in [0.3, 0.4) is 0 Å². The van der Waals surface area contributed by atoms with E-state index in [2.05, 4.69) is 6.58 Å². The van der Waals surface area contributed by atoms with Gasteiger partial charge in [-0.25, -0.2) is 13.6 Å². The van der Waals surface area contributed by atoms with Gasteiger partial charge in [0.2, 0.25) is 5.09 Å². The van der Waals surface area contributed by atoms with Crippen molar-refractivity contribution in [3.05, 3.63) is 36.4 Å². The second-order valence-corrected chi connectivity index (χ2v) is 4.60. The van der Waals surface area contributed by atoms with E-state index in [-0.39, 0.29) is 5.09 Å². The van der Waals surface area contributed by atoms with Gasteiger partial charge in [-0.1, -0.05) is 18.7 Å². The molecule has 15 heavy (non-hydrogen) atoms. The fraction of sp³-hybridized carbons (Fsp3) is 0. The van der Waals surface area contributed by atoms with E-state index < -0.39 is 10.0 Å². The Morgan fingerprint density at radius 3 is 2.67 bits per heavy atom. The minimum Gasteiger partial charge on any atom is -0.443 e. The van der Waals surface area contributed by atoms with Gasteiger partial charge in [-0.3, -0.25) is 0 Å². The number of nitrogens with two attached hydrogens (primary N) is 1. The van der Waals surface area contributed by atoms with Gasteiger partial charge in [-0.2, -0.15) is 0 Å². The molecule has 0 amide bonds. The number of hydrogen-bond donors (Lipinski definition) is 1. The van der Waals surface area contributed by atoms with Gasteiger partial charge in [0.1, 0.15) is 5.58 Å². The number of benzene rings is 1. The Bertz CT molecular complexity index is 625. The Kier molecular flexibility index (Phi) is 2.13. The van der Waals surface area contributed by atoms with Crippen LogP contribution >= 0.6 is 0 Å². The smallest absolute Gasteiger partial charge is 0.271 e. The van der Waals surface area contributed by atoms with E-state index in [1.54, 1.807) is 24.3 Å². The lowest BCUT2D eigenvalue weighted by molar-refractivity contribution is 0.482. The molecule has 0 fully saturated rings. The summed E-state index contributed by atoms with van der Waals surface area (Å²) >= 11 is 0. The first kappa shape index (κ1) is 9.95. The quantitative estimate of drug-likeness (QED) is 0.842. The molecule has 0 aliphatic carbocycles. The maximum atomic E-state index is 11.0. The molecule has 2 rings (SSSR count). The van der Waals surface area contributed by atoms with Gasteiger partial charge < -0.3 is 4.42 Å². The third-order valence-corrected chi connectivity index (χ3v) is 2.80. The van der Waals surface area contributed by atoms with Crippen molar-refractivity contribution in [1.29, 1.82) is 0 Å². The van der Waals surface area contributed by atoms with Crippen molar-refractivity contribution in [2.24, 2.45) is 5.14 Å². The van der Waals surface area contributed by atoms with Crippen LogP contribution in [-0.4, -0.2) is 8.42 Å². The lowest BCUT2D eigenvalue weighted by atomic mass is 10.2. The highest BCUT2D eigenvalue weighted by molar-refractivity contribution is 7.89. The summed E-state index contributed by atoms with van der Waals surface area (Å²) in [5.74, 6) is 0. The number of fused-ring (bicyclic) bond motifs is 1. The maximum Gasteiger partial charge on any atom is 0.271 e. The first-order valence-electron chi connectivity index (χ1n) is 4.19. The molecule has 1 aromatic heterocycles. The Morgan fingerprint density at radius 1 is 1.33 bits per heavy atom. The molecule has 0 unspecified atom stereocenters. The van der Waals surface area contributed by atoms with E-state index in [9.17, 15) is 8.42 Å². The Hall–Kier alpha value is -1.59. The van der Waals surface area contributed by atoms with Crippen LogP contribution in [0.1, 0.15) is 5.56 Å². The van der Waals surface area contributed by atoms with Crippen molar-refractivity contribution >= 4 is 27.1 Å². The van der Waals surface area contributed by atoms with Crippen molar-refractivity contribution in [3.63, 3.8) is 0 Å². The van der Waals surface area contributed by atoms with E-state index in [1.807, 2.05) is 0 Å². The number of hydrogen-bond acceptors (Lipinski definition) is 3. The molecule has 0 aliphatic heterocycles. The summed E-state index contributed by atoms with van der Waals surface area (Å²) < 4.78 is 27.1. The Labute approximate surface area is 87.0 Å². The van der Waals surface area contributed by atoms with Crippen LogP contribution in [0, 0.1) is 0 Å². The van der Waals surface area contributed by atoms with E-state index in [0.717, 1.165) is 5.56 Å². The lowest BCUT2D eigenvalue weighted by Crippen LogP contribution is -2.10. The van der Waals surface area contributed by atoms with Gasteiger partial charge >= 0.3 is 0 Å². The van der Waals surface area contributed by atoms with Gasteiger partial charge in [0, 0.05) is 11.5 Å². The monoisotopic (exact) mass is 223 g/mol. The zero-order valence-corrected chi connectivity index (χ0v) is 8.62. The van der Waals surface area contributed by atoms with Crippen LogP contribution in [0.4, 0.5) is 0 Å². The molecule has 0 spiro atoms. The van der Waals surface area contributed by atoms with Crippen LogP contribution in [0.2, 0.25) is 0 Å². The first-order chi connectivity index (χ1) is 7.00. The van der Waals surface area contributed by atoms with E-state index >= 15 is 0 Å². The highest BCUT2D eigenvalue weighted by Crippen LogP contribution is 2.23. The summed E-state index contributed by atoms with van der Waals surface area (Å²) in [7, 11) is -3.78. The summed E-state index contributed by atoms with van der Waals surface area (Å²) in [6.45, 7) is 3.62. The molecule has 2 aromatic rings. The minimum atomic E-state index is -3.78. The van der Waals surface area contributed by atoms with Crippen molar-refractivity contribution in [3.8, 4) is 0 Å². The molecule has 1 heterocycles. The van der Waals surface area contributed by atoms with Gasteiger partial charge in [0.15, 0.2) is 0 Å². The van der Waals surface area contributed by atoms with Gasteiger partial charge in [-0.15, -0.1) is 0 Å². The third kappa shape index (κ3) is 1.79. The first-order valence-corrected chi connectivity index (χ1v) is 5.74. The van der Waals surface area contributed by atoms with Crippen molar-refractivity contribution in [2.45, 2.75) is 5.09 Å². The Balaban J connectivity index is 2.71. The van der Waals surface area contributed by atoms with Crippen molar-refractivity contribution in [1.82, 2.24) is 0 Å². The standard InChI is InChI=1S/C10H9NO3S/c1-2-7-3-4-9-8(5-7)6-10(14-9)15(11,12)13/h2-6H,1H2,(H2,11,12,13). The number of furan rings is 1. The molecule has 0 saturated heterocycles. The highest BCUT2D eigenvalue weighted by atomic mass is 32.2. The summed E-state index contributed by atoms with van der Waals surface area (Å²) in [5.41, 5.74) is 1.38. The van der Waals surface area contributed by atoms with E-state index in [0.29, 0.717) is 11.0 Å². The van der Waals surface area contributed by atoms with Crippen LogP contribution in [0.5, 0.6) is 0 Å². The predicted molar refractivity (Wildman–Crippen MR) is 57.7 cm³/mol. The summed E-state index contributed by atoms with van der Waals surface area (Å²) in [6.07, 6.45) is 1.67. The molecule has 0 radical (unpaired) electrons. The lowest BCUT2D eigenvalue weighted by Gasteiger charge is -1.90. The summed E-state index contributed by atoms with van der Waals surface area (Å²) in [4.78, 5) is 0. The van der Waals surface area contributed by atoms with Gasteiger partial charge in [-0.05, 0) is 17.7 Å². The molecule has 78 valence electrons. The molecule has 0 aliphatic rings. The summed E-state index contributed by atoms with van der Waals surface area (Å²) in [5, 5.41) is 5.42. The molecule has 0 bridgehead atoms. The second-order valence-electron chi connectivity index (χ2n) is 3.11. The average molecular weight is 223 g/mol. The van der Waals surface area contributed by atoms with Crippen molar-refractivity contribution in [2.75, 3.05) is 0 Å². The number of sulfonamides is 1. The van der Waals surface area contributed by atoms with E-state index in [4.69, 9.17) is 9.56 Å². The van der Waals surface area contributed by atoms with E-state index in [1.165, 1.54) is 6.07 Å². The summed E-state index contributed by atoms with van der Waals surface area (Å²) in [6, 6.07) is 6.64. The van der Waals surface area contributed by atoms with Gasteiger partial charge in [0.25, 0.3) is 10.0 Å². The molecular weight excluding hydrogens is 214 g/mol. The molecule has 2 N–H and O–H groups in total. The molecule has 4 nitrogen and oxygen atoms in total. The zero-order valence-electron chi connectivity index (χ0n) is 7.80. The molecular formula is C10H9NO3S. The van der Waals surface area contributed by atoms with Gasteiger partial charge in [0.05, 0.1) is 0 Å². The molecule has 0 atom stereocenters. The van der Waals surface area contributed by atoms with Crippen LogP contribution in [-0.2, 0) is 10.0 Å². The SMILES string of the molecule is C=Cc1ccc2oc(S(N)(=O)=O)cc2c1. The molecule has 5 heteroatoms. The minimum absolute atomic E-state index is 0.223. The van der Waals surface area contributed by atoms with Crippen molar-refractivity contribution < 1.29 is 12.8 Å². The molecule has 1 aromatic carbocycles. The van der Waals surface area contributed by atoms with Crippen LogP contribution < -0.4 is 5.14 Å². The topological polar surface area (TPSA) is 73.3 Å². The van der Waals surface area contributed by atoms with Crippen LogP contribution in [0.15, 0.2) is 40.4 Å². The Morgan fingerprint density at radius 2 is 2.07 bits per heavy atom. The fourth-order valence-corrected chi connectivity index (χ4v) is 1.80. The predicted octanol–water partition coefficient (Wildman–Crippen LogP) is 1.72. The molecule has 0 saturated carbocycles. The average Bonchev–Trinajstić information content (AvgIpc) is 2.59. The normalized spacial score (nSPS) is 11.8. The number of rotatable bonds is 2. The second kappa shape index (κ2) is 3.22. The maximum absolute atomic E-state index is 11.0. The number of primary sulfonamides is 1. The highest BCUT2D eigenvalue weighted by Gasteiger charge is 2.13. The van der Waals surface area contributed by atoms with Crippen LogP contribution in [0.25, 0.3) is 17.0 Å².